The number of ether oxygens (including phenoxy) is 1. The van der Waals surface area contributed by atoms with Crippen LogP contribution in [-0.2, 0) is 14.6 Å². The predicted molar refractivity (Wildman–Crippen MR) is 117 cm³/mol. The van der Waals surface area contributed by atoms with Crippen molar-refractivity contribution < 1.29 is 17.9 Å². The molecule has 1 aromatic carbocycles. The van der Waals surface area contributed by atoms with Gasteiger partial charge in [0.1, 0.15) is 5.52 Å². The van der Waals surface area contributed by atoms with Crippen molar-refractivity contribution in [2.24, 2.45) is 5.73 Å². The first-order chi connectivity index (χ1) is 13.8. The Balaban J connectivity index is 0.00000256. The summed E-state index contributed by atoms with van der Waals surface area (Å²) in [6.07, 6.45) is 3.73. The van der Waals surface area contributed by atoms with E-state index in [9.17, 15) is 18.0 Å². The molecule has 8 nitrogen and oxygen atoms in total. The zero-order valence-corrected chi connectivity index (χ0v) is 18.1. The molecule has 0 spiro atoms. The molecule has 2 aromatic heterocycles. The van der Waals surface area contributed by atoms with Gasteiger partial charge in [-0.05, 0) is 43.9 Å². The number of aromatic amines is 2. The summed E-state index contributed by atoms with van der Waals surface area (Å²) in [4.78, 5) is 30.6. The lowest BCUT2D eigenvalue weighted by atomic mass is 10.1. The molecule has 0 aliphatic heterocycles. The smallest absolute Gasteiger partial charge is 0.340 e. The van der Waals surface area contributed by atoms with Crippen LogP contribution in [0.5, 0.6) is 0 Å². The van der Waals surface area contributed by atoms with E-state index in [1.54, 1.807) is 6.07 Å². The fourth-order valence-electron chi connectivity index (χ4n) is 3.96. The van der Waals surface area contributed by atoms with Crippen LogP contribution in [0.4, 0.5) is 0 Å². The highest BCUT2D eigenvalue weighted by Gasteiger charge is 2.34. The van der Waals surface area contributed by atoms with Crippen LogP contribution < -0.4 is 11.3 Å². The first-order valence-electron chi connectivity index (χ1n) is 9.66. The van der Waals surface area contributed by atoms with Gasteiger partial charge in [0.05, 0.1) is 22.3 Å². The molecule has 1 aliphatic rings. The average molecular weight is 454 g/mol. The van der Waals surface area contributed by atoms with Crippen molar-refractivity contribution in [3.63, 3.8) is 0 Å². The van der Waals surface area contributed by atoms with Crippen molar-refractivity contribution in [2.45, 2.75) is 48.8 Å². The van der Waals surface area contributed by atoms with Gasteiger partial charge in [-0.2, -0.15) is 0 Å². The number of H-pyrrole nitrogens is 2. The van der Waals surface area contributed by atoms with Gasteiger partial charge < -0.3 is 20.4 Å². The van der Waals surface area contributed by atoms with Gasteiger partial charge in [0.15, 0.2) is 9.84 Å². The monoisotopic (exact) mass is 453 g/mol. The second-order valence-electron chi connectivity index (χ2n) is 7.49. The van der Waals surface area contributed by atoms with Crippen molar-refractivity contribution >= 4 is 50.0 Å². The lowest BCUT2D eigenvalue weighted by Gasteiger charge is -2.13. The summed E-state index contributed by atoms with van der Waals surface area (Å²) in [5.41, 5.74) is 6.38. The highest BCUT2D eigenvalue weighted by Crippen LogP contribution is 2.32. The van der Waals surface area contributed by atoms with E-state index < -0.39 is 21.1 Å². The summed E-state index contributed by atoms with van der Waals surface area (Å²) in [5.74, 6) is -0.556. The molecule has 1 aliphatic carbocycles. The molecule has 0 saturated heterocycles. The van der Waals surface area contributed by atoms with Gasteiger partial charge >= 0.3 is 5.97 Å². The van der Waals surface area contributed by atoms with Crippen molar-refractivity contribution in [3.8, 4) is 0 Å². The minimum absolute atomic E-state index is 0. The van der Waals surface area contributed by atoms with Gasteiger partial charge in [0.2, 0.25) is 0 Å². The van der Waals surface area contributed by atoms with Gasteiger partial charge in [-0.25, -0.2) is 13.2 Å². The molecule has 1 fully saturated rings. The second kappa shape index (κ2) is 8.41. The number of aromatic nitrogens is 2. The quantitative estimate of drug-likeness (QED) is 0.508. The number of carbonyl (C=O) groups excluding carboxylic acids is 1. The lowest BCUT2D eigenvalue weighted by molar-refractivity contribution is 0.0507. The minimum Gasteiger partial charge on any atom is -0.462 e. The summed E-state index contributed by atoms with van der Waals surface area (Å²) < 4.78 is 31.4. The Labute approximate surface area is 179 Å². The number of nitrogens with two attached hydrogens (primary N) is 1. The van der Waals surface area contributed by atoms with Crippen molar-refractivity contribution in [1.82, 2.24) is 9.97 Å². The van der Waals surface area contributed by atoms with E-state index in [2.05, 4.69) is 9.97 Å². The van der Waals surface area contributed by atoms with E-state index in [0.717, 1.165) is 0 Å². The normalized spacial score (nSPS) is 19.1. The highest BCUT2D eigenvalue weighted by atomic mass is 35.5. The van der Waals surface area contributed by atoms with Crippen LogP contribution in [0.15, 0.2) is 34.1 Å². The Morgan fingerprint density at radius 2 is 2.07 bits per heavy atom. The number of carbonyl (C=O) groups is 1. The SMILES string of the molecule is CCCOC(=O)c1c[nH]c2c(=O)[nH]c3ccc(S(=O)(=O)C4CC[C@H](N)C4)cc3c12.Cl. The second-order valence-corrected chi connectivity index (χ2v) is 9.72. The van der Waals surface area contributed by atoms with E-state index in [1.165, 1.54) is 18.3 Å². The Bertz CT molecular complexity index is 1260. The molecule has 2 heterocycles. The van der Waals surface area contributed by atoms with Gasteiger partial charge in [-0.1, -0.05) is 6.92 Å². The zero-order valence-electron chi connectivity index (χ0n) is 16.4. The van der Waals surface area contributed by atoms with Crippen LogP contribution in [0.25, 0.3) is 21.8 Å². The molecule has 10 heteroatoms. The van der Waals surface area contributed by atoms with Crippen LogP contribution in [0.2, 0.25) is 0 Å². The van der Waals surface area contributed by atoms with Crippen LogP contribution >= 0.6 is 12.4 Å². The Morgan fingerprint density at radius 1 is 1.30 bits per heavy atom. The third-order valence-electron chi connectivity index (χ3n) is 5.47. The number of fused-ring (bicyclic) bond motifs is 3. The summed E-state index contributed by atoms with van der Waals surface area (Å²) in [6.45, 7) is 2.14. The fourth-order valence-corrected chi connectivity index (χ4v) is 5.84. The fraction of sp³-hybridized carbons (Fsp3) is 0.400. The minimum atomic E-state index is -3.57. The Kier molecular flexibility index (Phi) is 6.26. The number of halogens is 1. The molecular formula is C20H24ClN3O5S. The van der Waals surface area contributed by atoms with Crippen molar-refractivity contribution in [3.05, 3.63) is 40.3 Å². The van der Waals surface area contributed by atoms with E-state index >= 15 is 0 Å². The molecular weight excluding hydrogens is 430 g/mol. The van der Waals surface area contributed by atoms with E-state index in [4.69, 9.17) is 10.5 Å². The zero-order chi connectivity index (χ0) is 20.8. The Hall–Kier alpha value is -2.36. The first-order valence-corrected chi connectivity index (χ1v) is 11.2. The van der Waals surface area contributed by atoms with Gasteiger partial charge in [0, 0.05) is 28.5 Å². The Morgan fingerprint density at radius 3 is 2.73 bits per heavy atom. The number of rotatable bonds is 5. The molecule has 1 saturated carbocycles. The number of nitrogens with one attached hydrogen (secondary N) is 2. The van der Waals surface area contributed by atoms with Crippen LogP contribution in [-0.4, -0.2) is 42.3 Å². The summed E-state index contributed by atoms with van der Waals surface area (Å²) in [7, 11) is -3.57. The van der Waals surface area contributed by atoms with Crippen LogP contribution in [0.3, 0.4) is 0 Å². The van der Waals surface area contributed by atoms with Crippen molar-refractivity contribution in [2.75, 3.05) is 6.61 Å². The molecule has 162 valence electrons. The molecule has 0 amide bonds. The van der Waals surface area contributed by atoms with Crippen molar-refractivity contribution in [1.29, 1.82) is 0 Å². The first kappa shape index (κ1) is 22.3. The summed E-state index contributed by atoms with van der Waals surface area (Å²) in [6, 6.07) is 4.47. The lowest BCUT2D eigenvalue weighted by Crippen LogP contribution is -2.22. The molecule has 0 radical (unpaired) electrons. The maximum absolute atomic E-state index is 13.1. The van der Waals surface area contributed by atoms with Gasteiger partial charge in [0.25, 0.3) is 5.56 Å². The molecule has 4 N–H and O–H groups in total. The molecule has 1 unspecified atom stereocenters. The number of hydrogen-bond donors (Lipinski definition) is 3. The molecule has 3 aromatic rings. The van der Waals surface area contributed by atoms with E-state index in [0.29, 0.717) is 42.0 Å². The largest absolute Gasteiger partial charge is 0.462 e. The highest BCUT2D eigenvalue weighted by molar-refractivity contribution is 7.92. The molecule has 2 atom stereocenters. The molecule has 4 rings (SSSR count). The van der Waals surface area contributed by atoms with Crippen LogP contribution in [0, 0.1) is 0 Å². The third kappa shape index (κ3) is 3.73. The van der Waals surface area contributed by atoms with E-state index in [1.807, 2.05) is 6.92 Å². The number of hydrogen-bond acceptors (Lipinski definition) is 6. The number of pyridine rings is 1. The number of sulfone groups is 1. The average Bonchev–Trinajstić information content (AvgIpc) is 3.33. The van der Waals surface area contributed by atoms with E-state index in [-0.39, 0.29) is 46.6 Å². The molecule has 30 heavy (non-hydrogen) atoms. The topological polar surface area (TPSA) is 135 Å². The number of esters is 1. The third-order valence-corrected chi connectivity index (χ3v) is 7.68. The maximum atomic E-state index is 13.1. The molecule has 0 bridgehead atoms. The van der Waals surface area contributed by atoms with Gasteiger partial charge in [-0.15, -0.1) is 12.4 Å². The summed E-state index contributed by atoms with van der Waals surface area (Å²) >= 11 is 0. The van der Waals surface area contributed by atoms with Gasteiger partial charge in [-0.3, -0.25) is 4.79 Å². The predicted octanol–water partition coefficient (Wildman–Crippen LogP) is 2.65. The standard InChI is InChI=1S/C20H23N3O5S.ClH/c1-2-7-28-20(25)15-10-22-18-17(15)14-9-13(5-6-16(14)23-19(18)24)29(26,27)12-4-3-11(21)8-12;/h5-6,9-12,22H,2-4,7-8,21H2,1H3,(H,23,24);1H/t11-,12?;/m0./s1. The maximum Gasteiger partial charge on any atom is 0.340 e. The van der Waals surface area contributed by atoms with Crippen LogP contribution in [0.1, 0.15) is 43.0 Å². The summed E-state index contributed by atoms with van der Waals surface area (Å²) in [5, 5.41) is 0.325. The number of benzene rings is 1.